The molecule has 0 spiro atoms. The Morgan fingerprint density at radius 1 is 1.33 bits per heavy atom. The third kappa shape index (κ3) is 3.10. The van der Waals surface area contributed by atoms with Crippen LogP contribution in [0.2, 0.25) is 0 Å². The highest BCUT2D eigenvalue weighted by molar-refractivity contribution is 5.98. The van der Waals surface area contributed by atoms with E-state index in [0.29, 0.717) is 12.4 Å². The lowest BCUT2D eigenvalue weighted by molar-refractivity contribution is -0.119. The van der Waals surface area contributed by atoms with Gasteiger partial charge in [-0.2, -0.15) is 0 Å². The van der Waals surface area contributed by atoms with E-state index in [1.165, 1.54) is 6.07 Å². The van der Waals surface area contributed by atoms with Crippen LogP contribution in [-0.2, 0) is 4.79 Å². The van der Waals surface area contributed by atoms with E-state index in [9.17, 15) is 14.7 Å². The molecule has 0 atom stereocenters. The van der Waals surface area contributed by atoms with Crippen molar-refractivity contribution in [3.63, 3.8) is 0 Å². The van der Waals surface area contributed by atoms with Gasteiger partial charge in [0.05, 0.1) is 6.54 Å². The minimum Gasteiger partial charge on any atom is -0.477 e. The van der Waals surface area contributed by atoms with Crippen LogP contribution in [0.1, 0.15) is 17.4 Å². The molecule has 0 aliphatic carbocycles. The molecule has 21 heavy (non-hydrogen) atoms. The molecule has 1 aromatic heterocycles. The van der Waals surface area contributed by atoms with Crippen molar-refractivity contribution in [1.82, 2.24) is 10.3 Å². The Morgan fingerprint density at radius 3 is 2.67 bits per heavy atom. The van der Waals surface area contributed by atoms with Crippen molar-refractivity contribution in [3.05, 3.63) is 36.0 Å². The molecule has 2 aromatic rings. The van der Waals surface area contributed by atoms with E-state index < -0.39 is 5.97 Å². The van der Waals surface area contributed by atoms with Gasteiger partial charge in [0.25, 0.3) is 0 Å². The number of pyridine rings is 1. The van der Waals surface area contributed by atoms with Gasteiger partial charge in [-0.05, 0) is 18.4 Å². The molecule has 6 heteroatoms. The molecular formula is C15H17N3O3. The normalized spacial score (nSPS) is 10.4. The minimum atomic E-state index is -1.09. The molecular weight excluding hydrogens is 270 g/mol. The van der Waals surface area contributed by atoms with Crippen LogP contribution in [0.15, 0.2) is 30.3 Å². The summed E-state index contributed by atoms with van der Waals surface area (Å²) in [4.78, 5) is 28.8. The number of nitrogens with one attached hydrogen (secondary N) is 1. The maximum Gasteiger partial charge on any atom is 0.354 e. The lowest BCUT2D eigenvalue weighted by Gasteiger charge is -2.23. The highest BCUT2D eigenvalue weighted by atomic mass is 16.4. The van der Waals surface area contributed by atoms with Gasteiger partial charge < -0.3 is 15.3 Å². The number of aromatic nitrogens is 1. The second kappa shape index (κ2) is 6.21. The van der Waals surface area contributed by atoms with Crippen LogP contribution in [-0.4, -0.2) is 42.1 Å². The van der Waals surface area contributed by atoms with Crippen LogP contribution in [0.4, 0.5) is 5.82 Å². The maximum absolute atomic E-state index is 11.6. The van der Waals surface area contributed by atoms with Crippen LogP contribution in [0, 0.1) is 0 Å². The molecule has 0 fully saturated rings. The first-order valence-corrected chi connectivity index (χ1v) is 6.65. The van der Waals surface area contributed by atoms with Gasteiger partial charge in [0.1, 0.15) is 5.82 Å². The van der Waals surface area contributed by atoms with Crippen molar-refractivity contribution in [2.75, 3.05) is 25.0 Å². The smallest absolute Gasteiger partial charge is 0.354 e. The van der Waals surface area contributed by atoms with Crippen LogP contribution in [0.5, 0.6) is 0 Å². The highest BCUT2D eigenvalue weighted by Crippen LogP contribution is 2.25. The molecule has 1 heterocycles. The highest BCUT2D eigenvalue weighted by Gasteiger charge is 2.16. The molecule has 0 saturated carbocycles. The second-order valence-electron chi connectivity index (χ2n) is 4.54. The Kier molecular flexibility index (Phi) is 4.37. The number of likely N-dealkylation sites (N-methyl/N-ethyl adjacent to an activating group) is 2. The number of carboxylic acid groups (broad SMARTS) is 1. The number of anilines is 1. The fourth-order valence-corrected chi connectivity index (χ4v) is 2.12. The molecule has 0 aliphatic rings. The summed E-state index contributed by atoms with van der Waals surface area (Å²) in [7, 11) is 1.56. The molecule has 1 aromatic carbocycles. The van der Waals surface area contributed by atoms with Crippen molar-refractivity contribution in [2.45, 2.75) is 6.92 Å². The number of fused-ring (bicyclic) bond motifs is 1. The molecule has 0 bridgehead atoms. The number of aromatic carboxylic acids is 1. The van der Waals surface area contributed by atoms with E-state index in [4.69, 9.17) is 0 Å². The van der Waals surface area contributed by atoms with Gasteiger partial charge in [-0.3, -0.25) is 4.79 Å². The van der Waals surface area contributed by atoms with Crippen molar-refractivity contribution >= 4 is 28.5 Å². The molecule has 1 amide bonds. The summed E-state index contributed by atoms with van der Waals surface area (Å²) >= 11 is 0. The summed E-state index contributed by atoms with van der Waals surface area (Å²) in [6, 6.07) is 8.94. The van der Waals surface area contributed by atoms with E-state index >= 15 is 0 Å². The third-order valence-electron chi connectivity index (χ3n) is 3.23. The molecule has 6 nitrogen and oxygen atoms in total. The Balaban J connectivity index is 2.58. The average molecular weight is 287 g/mol. The summed E-state index contributed by atoms with van der Waals surface area (Å²) in [5, 5.41) is 13.4. The van der Waals surface area contributed by atoms with Gasteiger partial charge in [0, 0.05) is 19.0 Å². The van der Waals surface area contributed by atoms with Crippen LogP contribution >= 0.6 is 0 Å². The molecule has 0 radical (unpaired) electrons. The standard InChI is InChI=1S/C15H17N3O3/c1-3-18(9-13(19)16-2)14-11-7-5-4-6-10(11)8-12(17-14)15(20)21/h4-8H,3,9H2,1-2H3,(H,16,19)(H,20,21). The van der Waals surface area contributed by atoms with Gasteiger partial charge in [-0.25, -0.2) is 9.78 Å². The van der Waals surface area contributed by atoms with Crippen molar-refractivity contribution in [1.29, 1.82) is 0 Å². The number of carboxylic acids is 1. The number of hydrogen-bond donors (Lipinski definition) is 2. The van der Waals surface area contributed by atoms with E-state index in [1.54, 1.807) is 11.9 Å². The second-order valence-corrected chi connectivity index (χ2v) is 4.54. The van der Waals surface area contributed by atoms with Gasteiger partial charge in [0.2, 0.25) is 5.91 Å². The molecule has 110 valence electrons. The number of carbonyl (C=O) groups excluding carboxylic acids is 1. The van der Waals surface area contributed by atoms with Gasteiger partial charge in [0.15, 0.2) is 5.69 Å². The van der Waals surface area contributed by atoms with Crippen molar-refractivity contribution in [3.8, 4) is 0 Å². The zero-order chi connectivity index (χ0) is 15.4. The summed E-state index contributed by atoms with van der Waals surface area (Å²) in [6.07, 6.45) is 0. The average Bonchev–Trinajstić information content (AvgIpc) is 2.51. The Bertz CT molecular complexity index is 685. The van der Waals surface area contributed by atoms with Crippen molar-refractivity contribution in [2.24, 2.45) is 0 Å². The number of hydrogen-bond acceptors (Lipinski definition) is 4. The zero-order valence-electron chi connectivity index (χ0n) is 12.0. The van der Waals surface area contributed by atoms with Gasteiger partial charge in [-0.1, -0.05) is 24.3 Å². The minimum absolute atomic E-state index is 0.0287. The van der Waals surface area contributed by atoms with Gasteiger partial charge in [-0.15, -0.1) is 0 Å². The molecule has 0 unspecified atom stereocenters. The summed E-state index contributed by atoms with van der Waals surface area (Å²) in [5.41, 5.74) is -0.0287. The monoisotopic (exact) mass is 287 g/mol. The lowest BCUT2D eigenvalue weighted by Crippen LogP contribution is -2.36. The number of rotatable bonds is 5. The van der Waals surface area contributed by atoms with E-state index in [-0.39, 0.29) is 18.1 Å². The summed E-state index contributed by atoms with van der Waals surface area (Å²) in [5.74, 6) is -0.724. The Morgan fingerprint density at radius 2 is 2.05 bits per heavy atom. The SMILES string of the molecule is CCN(CC(=O)NC)c1nc(C(=O)O)cc2ccccc12. The van der Waals surface area contributed by atoms with Crippen LogP contribution < -0.4 is 10.2 Å². The first-order chi connectivity index (χ1) is 10.1. The first kappa shape index (κ1) is 14.8. The Labute approximate surface area is 122 Å². The number of nitrogens with zero attached hydrogens (tertiary/aromatic N) is 2. The predicted octanol–water partition coefficient (Wildman–Crippen LogP) is 1.51. The van der Waals surface area contributed by atoms with E-state index in [0.717, 1.165) is 10.8 Å². The third-order valence-corrected chi connectivity index (χ3v) is 3.23. The number of benzene rings is 1. The zero-order valence-corrected chi connectivity index (χ0v) is 12.0. The molecule has 2 N–H and O–H groups in total. The summed E-state index contributed by atoms with van der Waals surface area (Å²) < 4.78 is 0. The Hall–Kier alpha value is -2.63. The largest absolute Gasteiger partial charge is 0.477 e. The lowest BCUT2D eigenvalue weighted by atomic mass is 10.1. The van der Waals surface area contributed by atoms with Gasteiger partial charge >= 0.3 is 5.97 Å². The maximum atomic E-state index is 11.6. The van der Waals surface area contributed by atoms with Crippen molar-refractivity contribution < 1.29 is 14.7 Å². The summed E-state index contributed by atoms with van der Waals surface area (Å²) in [6.45, 7) is 2.58. The van der Waals surface area contributed by atoms with Crippen LogP contribution in [0.3, 0.4) is 0 Å². The number of amides is 1. The topological polar surface area (TPSA) is 82.5 Å². The first-order valence-electron chi connectivity index (χ1n) is 6.65. The van der Waals surface area contributed by atoms with E-state index in [2.05, 4.69) is 10.3 Å². The molecule has 2 rings (SSSR count). The fraction of sp³-hybridized carbons (Fsp3) is 0.267. The molecule has 0 aliphatic heterocycles. The quantitative estimate of drug-likeness (QED) is 0.871. The molecule has 0 saturated heterocycles. The van der Waals surface area contributed by atoms with Crippen LogP contribution in [0.25, 0.3) is 10.8 Å². The van der Waals surface area contributed by atoms with E-state index in [1.807, 2.05) is 31.2 Å². The predicted molar refractivity (Wildman–Crippen MR) is 80.7 cm³/mol. The number of carbonyl (C=O) groups is 2. The fourth-order valence-electron chi connectivity index (χ4n) is 2.12.